The Kier molecular flexibility index (Phi) is 7.61. The van der Waals surface area contributed by atoms with Crippen molar-refractivity contribution >= 4 is 53.7 Å². The van der Waals surface area contributed by atoms with E-state index < -0.39 is 0 Å². The Morgan fingerprint density at radius 1 is 0.808 bits per heavy atom. The van der Waals surface area contributed by atoms with Crippen molar-refractivity contribution in [1.82, 2.24) is 5.12 Å². The number of hydrogen-bond donors (Lipinski definition) is 2. The largest absolute Gasteiger partial charge is 0.367 e. The molecule has 0 aliphatic carbocycles. The Bertz CT molecular complexity index is 772. The fraction of sp³-hybridized carbons (Fsp3) is 0. The molecule has 0 saturated heterocycles. The van der Waals surface area contributed by atoms with Crippen LogP contribution in [0.5, 0.6) is 0 Å². The van der Waals surface area contributed by atoms with E-state index in [9.17, 15) is 0 Å². The van der Waals surface area contributed by atoms with Crippen molar-refractivity contribution < 1.29 is 0 Å². The average Bonchev–Trinajstić information content (AvgIpc) is 2.63. The van der Waals surface area contributed by atoms with Gasteiger partial charge in [-0.3, -0.25) is 5.41 Å². The lowest BCUT2D eigenvalue weighted by molar-refractivity contribution is 0.472. The third kappa shape index (κ3) is 6.93. The molecule has 0 aliphatic heterocycles. The van der Waals surface area contributed by atoms with E-state index in [0.717, 1.165) is 16.2 Å². The highest BCUT2D eigenvalue weighted by Gasteiger charge is 1.98. The minimum atomic E-state index is -0.294. The first-order valence-electron chi connectivity index (χ1n) is 7.61. The summed E-state index contributed by atoms with van der Waals surface area (Å²) in [5, 5.41) is 17.9. The summed E-state index contributed by atoms with van der Waals surface area (Å²) in [6.45, 7) is 0. The minimum absolute atomic E-state index is 0.294. The van der Waals surface area contributed by atoms with Crippen LogP contribution in [0.2, 0.25) is 10.0 Å². The van der Waals surface area contributed by atoms with Gasteiger partial charge in [0.1, 0.15) is 0 Å². The van der Waals surface area contributed by atoms with Gasteiger partial charge in [0.25, 0.3) is 0 Å². The fourth-order valence-corrected chi connectivity index (χ4v) is 2.07. The number of hydrogen-bond acceptors (Lipinski definition) is 3. The fourth-order valence-electron chi connectivity index (χ4n) is 1.81. The normalized spacial score (nSPS) is 11.9. The van der Waals surface area contributed by atoms with Gasteiger partial charge in [-0.15, -0.1) is 5.12 Å². The first kappa shape index (κ1) is 19.4. The van der Waals surface area contributed by atoms with E-state index in [-0.39, 0.29) is 5.96 Å². The van der Waals surface area contributed by atoms with Crippen LogP contribution in [0.1, 0.15) is 11.1 Å². The molecular formula is C19H17Cl2N5. The van der Waals surface area contributed by atoms with Crippen LogP contribution in [-0.4, -0.2) is 23.5 Å². The molecule has 0 unspecified atom stereocenters. The van der Waals surface area contributed by atoms with Gasteiger partial charge in [0.05, 0.1) is 0 Å². The van der Waals surface area contributed by atoms with Gasteiger partial charge in [-0.05, 0) is 47.5 Å². The van der Waals surface area contributed by atoms with Gasteiger partial charge >= 0.3 is 0 Å². The van der Waals surface area contributed by atoms with Crippen LogP contribution in [-0.2, 0) is 0 Å². The number of halogens is 2. The lowest BCUT2D eigenvalue weighted by Gasteiger charge is -2.07. The maximum absolute atomic E-state index is 7.50. The topological polar surface area (TPSA) is 77.8 Å². The Morgan fingerprint density at radius 3 is 1.54 bits per heavy atom. The molecule has 5 nitrogen and oxygen atoms in total. The van der Waals surface area contributed by atoms with Crippen molar-refractivity contribution in [3.05, 3.63) is 81.9 Å². The first-order valence-corrected chi connectivity index (χ1v) is 8.37. The van der Waals surface area contributed by atoms with Crippen LogP contribution in [0.3, 0.4) is 0 Å². The maximum atomic E-state index is 7.50. The van der Waals surface area contributed by atoms with Gasteiger partial charge < -0.3 is 5.73 Å². The molecule has 0 amide bonds. The van der Waals surface area contributed by atoms with Crippen LogP contribution in [0.4, 0.5) is 0 Å². The van der Waals surface area contributed by atoms with Crippen molar-refractivity contribution in [2.24, 2.45) is 15.9 Å². The summed E-state index contributed by atoms with van der Waals surface area (Å²) in [5.74, 6) is -0.294. The third-order valence-electron chi connectivity index (χ3n) is 3.06. The minimum Gasteiger partial charge on any atom is -0.367 e. The third-order valence-corrected chi connectivity index (χ3v) is 3.56. The molecule has 0 fully saturated rings. The SMILES string of the molecule is N=C(N)N(/N=C/C=C/c1ccc(Cl)cc1)/N=C/C=C/c1ccc(Cl)cc1. The number of rotatable bonds is 6. The number of benzene rings is 2. The molecule has 0 spiro atoms. The van der Waals surface area contributed by atoms with Crippen molar-refractivity contribution in [3.8, 4) is 0 Å². The number of nitrogens with one attached hydrogen (secondary N) is 1. The highest BCUT2D eigenvalue weighted by Crippen LogP contribution is 2.11. The number of nitrogens with zero attached hydrogens (tertiary/aromatic N) is 3. The zero-order chi connectivity index (χ0) is 18.8. The zero-order valence-corrected chi connectivity index (χ0v) is 15.3. The van der Waals surface area contributed by atoms with Crippen molar-refractivity contribution in [1.29, 1.82) is 5.41 Å². The second kappa shape index (κ2) is 10.2. The molecule has 0 saturated carbocycles. The van der Waals surface area contributed by atoms with E-state index in [2.05, 4.69) is 10.2 Å². The number of hydrazone groups is 2. The van der Waals surface area contributed by atoms with E-state index in [1.165, 1.54) is 12.4 Å². The van der Waals surface area contributed by atoms with Gasteiger partial charge in [-0.25, -0.2) is 0 Å². The van der Waals surface area contributed by atoms with Gasteiger partial charge in [0.2, 0.25) is 5.96 Å². The highest BCUT2D eigenvalue weighted by molar-refractivity contribution is 6.30. The maximum Gasteiger partial charge on any atom is 0.232 e. The highest BCUT2D eigenvalue weighted by atomic mass is 35.5. The zero-order valence-electron chi connectivity index (χ0n) is 13.8. The van der Waals surface area contributed by atoms with Crippen LogP contribution < -0.4 is 5.73 Å². The monoisotopic (exact) mass is 385 g/mol. The second-order valence-electron chi connectivity index (χ2n) is 5.03. The smallest absolute Gasteiger partial charge is 0.232 e. The van der Waals surface area contributed by atoms with Crippen LogP contribution in [0, 0.1) is 5.41 Å². The van der Waals surface area contributed by atoms with Crippen molar-refractivity contribution in [2.75, 3.05) is 0 Å². The number of guanidine groups is 1. The van der Waals surface area contributed by atoms with E-state index in [4.69, 9.17) is 34.3 Å². The molecule has 2 aromatic carbocycles. The molecule has 132 valence electrons. The predicted molar refractivity (Wildman–Crippen MR) is 112 cm³/mol. The van der Waals surface area contributed by atoms with Crippen LogP contribution >= 0.6 is 23.2 Å². The second-order valence-corrected chi connectivity index (χ2v) is 5.90. The average molecular weight is 386 g/mol. The summed E-state index contributed by atoms with van der Waals surface area (Å²) in [7, 11) is 0. The molecular weight excluding hydrogens is 369 g/mol. The molecule has 7 heteroatoms. The number of allylic oxidation sites excluding steroid dienone is 2. The predicted octanol–water partition coefficient (Wildman–Crippen LogP) is 4.89. The molecule has 0 atom stereocenters. The van der Waals surface area contributed by atoms with Crippen molar-refractivity contribution in [3.63, 3.8) is 0 Å². The summed E-state index contributed by atoms with van der Waals surface area (Å²) in [6.07, 6.45) is 10.1. The van der Waals surface area contributed by atoms with Crippen LogP contribution in [0.25, 0.3) is 12.2 Å². The summed E-state index contributed by atoms with van der Waals surface area (Å²) < 4.78 is 0. The lowest BCUT2D eigenvalue weighted by atomic mass is 10.2. The van der Waals surface area contributed by atoms with E-state index in [1.54, 1.807) is 36.4 Å². The quantitative estimate of drug-likeness (QED) is 0.421. The van der Waals surface area contributed by atoms with Crippen LogP contribution in [0.15, 0.2) is 70.9 Å². The Hall–Kier alpha value is -2.89. The van der Waals surface area contributed by atoms with Gasteiger partial charge in [0.15, 0.2) is 0 Å². The van der Waals surface area contributed by atoms with Gasteiger partial charge in [-0.1, -0.05) is 59.6 Å². The van der Waals surface area contributed by atoms with Crippen molar-refractivity contribution in [2.45, 2.75) is 0 Å². The van der Waals surface area contributed by atoms with Gasteiger partial charge in [-0.2, -0.15) is 10.2 Å². The van der Waals surface area contributed by atoms with Gasteiger partial charge in [0, 0.05) is 22.5 Å². The Labute approximate surface area is 162 Å². The summed E-state index contributed by atoms with van der Waals surface area (Å²) in [4.78, 5) is 0. The first-order chi connectivity index (χ1) is 12.5. The van der Waals surface area contributed by atoms with E-state index >= 15 is 0 Å². The molecule has 2 aromatic rings. The molecule has 26 heavy (non-hydrogen) atoms. The molecule has 0 bridgehead atoms. The Balaban J connectivity index is 1.94. The number of nitrogens with two attached hydrogens (primary N) is 1. The molecule has 0 aromatic heterocycles. The molecule has 3 N–H and O–H groups in total. The molecule has 0 radical (unpaired) electrons. The van der Waals surface area contributed by atoms with E-state index in [0.29, 0.717) is 10.0 Å². The summed E-state index contributed by atoms with van der Waals surface area (Å²) in [6, 6.07) is 14.7. The standard InChI is InChI=1S/C19H17Cl2N5/c20-17-9-5-15(6-10-17)3-1-13-24-26(19(22)23)25-14-2-4-16-7-11-18(21)12-8-16/h1-14H,(H3,22,23)/b3-1+,4-2+,24-13+,25-14+. The van der Waals surface area contributed by atoms with E-state index in [1.807, 2.05) is 36.4 Å². The Morgan fingerprint density at radius 2 is 1.19 bits per heavy atom. The summed E-state index contributed by atoms with van der Waals surface area (Å²) >= 11 is 11.7. The lowest BCUT2D eigenvalue weighted by Crippen LogP contribution is -2.27. The summed E-state index contributed by atoms with van der Waals surface area (Å²) in [5.41, 5.74) is 7.41. The molecule has 0 heterocycles. The molecule has 0 aliphatic rings. The molecule has 2 rings (SSSR count).